The predicted molar refractivity (Wildman–Crippen MR) is 55.9 cm³/mol. The summed E-state index contributed by atoms with van der Waals surface area (Å²) in [4.78, 5) is 13.5. The fourth-order valence-corrected chi connectivity index (χ4v) is 1.25. The van der Waals surface area contributed by atoms with Crippen LogP contribution < -0.4 is 0 Å². The third kappa shape index (κ3) is 9.37. The molecule has 0 aliphatic carbocycles. The maximum atomic E-state index is 10.8. The fraction of sp³-hybridized carbons (Fsp3) is 0.875. The maximum Gasteiger partial charge on any atom is 0.143 e. The fourth-order valence-electron chi connectivity index (χ4n) is 0.970. The lowest BCUT2D eigenvalue weighted by Gasteiger charge is -1.97. The van der Waals surface area contributed by atoms with E-state index in [2.05, 4.69) is 26.0 Å². The second-order valence-corrected chi connectivity index (χ2v) is 3.35. The highest BCUT2D eigenvalue weighted by Crippen LogP contribution is 2.04. The van der Waals surface area contributed by atoms with Gasteiger partial charge in [-0.2, -0.15) is 0 Å². The first-order chi connectivity index (χ1) is 6.31. The van der Waals surface area contributed by atoms with Crippen LogP contribution in [0.4, 0.5) is 0 Å². The lowest BCUT2D eigenvalue weighted by atomic mass is 10.1. The largest absolute Gasteiger partial charge is 0.299 e. The van der Waals surface area contributed by atoms with Gasteiger partial charge < -0.3 is 0 Å². The molecule has 0 aromatic heterocycles. The molecule has 0 saturated heterocycles. The molecular formula is C8H14BrN3O. The van der Waals surface area contributed by atoms with Gasteiger partial charge in [0, 0.05) is 17.9 Å². The highest BCUT2D eigenvalue weighted by atomic mass is 79.9. The number of ketones is 1. The molecular weight excluding hydrogens is 234 g/mol. The van der Waals surface area contributed by atoms with Crippen LogP contribution >= 0.6 is 15.9 Å². The van der Waals surface area contributed by atoms with Crippen molar-refractivity contribution in [2.75, 3.05) is 11.9 Å². The molecule has 0 rings (SSSR count). The Kier molecular flexibility index (Phi) is 9.15. The van der Waals surface area contributed by atoms with Crippen molar-refractivity contribution in [1.29, 1.82) is 0 Å². The molecule has 0 aromatic rings. The summed E-state index contributed by atoms with van der Waals surface area (Å²) in [6.45, 7) is 0.572. The first kappa shape index (κ1) is 12.5. The van der Waals surface area contributed by atoms with Gasteiger partial charge in [0.05, 0.1) is 5.33 Å². The minimum absolute atomic E-state index is 0.259. The van der Waals surface area contributed by atoms with Crippen LogP contribution in [0.2, 0.25) is 0 Å². The van der Waals surface area contributed by atoms with Crippen LogP contribution in [0.25, 0.3) is 10.4 Å². The second-order valence-electron chi connectivity index (χ2n) is 2.79. The monoisotopic (exact) mass is 247 g/mol. The first-order valence-electron chi connectivity index (χ1n) is 4.39. The van der Waals surface area contributed by atoms with E-state index in [-0.39, 0.29) is 5.78 Å². The summed E-state index contributed by atoms with van der Waals surface area (Å²) in [6.07, 6.45) is 4.61. The number of azide groups is 1. The van der Waals surface area contributed by atoms with E-state index in [1.165, 1.54) is 0 Å². The van der Waals surface area contributed by atoms with E-state index in [1.54, 1.807) is 0 Å². The Labute approximate surface area is 86.5 Å². The van der Waals surface area contributed by atoms with Crippen molar-refractivity contribution in [1.82, 2.24) is 0 Å². The molecule has 0 aromatic carbocycles. The van der Waals surface area contributed by atoms with Gasteiger partial charge in [0.2, 0.25) is 0 Å². The quantitative estimate of drug-likeness (QED) is 0.214. The number of halogens is 1. The number of carbonyl (C=O) groups excluding carboxylic acids is 1. The van der Waals surface area contributed by atoms with Crippen molar-refractivity contribution in [2.45, 2.75) is 32.1 Å². The second kappa shape index (κ2) is 9.55. The Morgan fingerprint density at radius 1 is 1.31 bits per heavy atom. The number of Topliss-reactive ketones (excluding diaryl/α,β-unsaturated/α-hetero) is 1. The summed E-state index contributed by atoms with van der Waals surface area (Å²) in [5.41, 5.74) is 7.98. The summed E-state index contributed by atoms with van der Waals surface area (Å²) in [5.74, 6) is 0.259. The Hall–Kier alpha value is -0.540. The molecule has 74 valence electrons. The van der Waals surface area contributed by atoms with Gasteiger partial charge in [-0.15, -0.1) is 0 Å². The number of unbranched alkanes of at least 4 members (excludes halogenated alkanes) is 3. The van der Waals surface area contributed by atoms with Gasteiger partial charge in [0.15, 0.2) is 0 Å². The van der Waals surface area contributed by atoms with Crippen molar-refractivity contribution in [3.63, 3.8) is 0 Å². The summed E-state index contributed by atoms with van der Waals surface area (Å²) < 4.78 is 0. The zero-order chi connectivity index (χ0) is 9.94. The molecule has 0 radical (unpaired) electrons. The van der Waals surface area contributed by atoms with Gasteiger partial charge in [-0.25, -0.2) is 0 Å². The third-order valence-electron chi connectivity index (χ3n) is 1.68. The predicted octanol–water partition coefficient (Wildman–Crippen LogP) is 3.21. The Morgan fingerprint density at radius 3 is 2.62 bits per heavy atom. The van der Waals surface area contributed by atoms with Crippen LogP contribution in [0.15, 0.2) is 5.11 Å². The molecule has 0 unspecified atom stereocenters. The smallest absolute Gasteiger partial charge is 0.143 e. The lowest BCUT2D eigenvalue weighted by molar-refractivity contribution is -0.116. The number of hydrogen-bond acceptors (Lipinski definition) is 2. The van der Waals surface area contributed by atoms with Gasteiger partial charge in [-0.05, 0) is 18.4 Å². The van der Waals surface area contributed by atoms with Gasteiger partial charge in [0.1, 0.15) is 5.78 Å². The molecule has 0 atom stereocenters. The normalized spacial score (nSPS) is 9.31. The molecule has 0 fully saturated rings. The van der Waals surface area contributed by atoms with E-state index < -0.39 is 0 Å². The average Bonchev–Trinajstić information content (AvgIpc) is 2.16. The van der Waals surface area contributed by atoms with Crippen LogP contribution in [0.1, 0.15) is 32.1 Å². The van der Waals surface area contributed by atoms with Gasteiger partial charge in [-0.1, -0.05) is 33.9 Å². The number of alkyl halides is 1. The van der Waals surface area contributed by atoms with Gasteiger partial charge in [-0.3, -0.25) is 4.79 Å². The van der Waals surface area contributed by atoms with Gasteiger partial charge >= 0.3 is 0 Å². The summed E-state index contributed by atoms with van der Waals surface area (Å²) in [6, 6.07) is 0. The molecule has 0 aliphatic rings. The van der Waals surface area contributed by atoms with Crippen LogP contribution in [0.3, 0.4) is 0 Å². The molecule has 0 spiro atoms. The SMILES string of the molecule is [N-]=[N+]=NCCCCCCC(=O)CBr. The van der Waals surface area contributed by atoms with Crippen LogP contribution in [-0.2, 0) is 4.79 Å². The molecule has 0 saturated carbocycles. The Bertz CT molecular complexity index is 190. The van der Waals surface area contributed by atoms with Crippen LogP contribution in [0.5, 0.6) is 0 Å². The zero-order valence-corrected chi connectivity index (χ0v) is 9.16. The standard InChI is InChI=1S/C8H14BrN3O/c9-7-8(13)5-3-1-2-4-6-11-12-10/h1-7H2. The van der Waals surface area contributed by atoms with E-state index >= 15 is 0 Å². The van der Waals surface area contributed by atoms with Crippen LogP contribution in [0, 0.1) is 0 Å². The Morgan fingerprint density at radius 2 is 2.00 bits per heavy atom. The maximum absolute atomic E-state index is 10.8. The molecule has 0 aliphatic heterocycles. The topological polar surface area (TPSA) is 65.8 Å². The van der Waals surface area contributed by atoms with E-state index in [9.17, 15) is 4.79 Å². The minimum Gasteiger partial charge on any atom is -0.299 e. The van der Waals surface area contributed by atoms with Crippen molar-refractivity contribution in [3.8, 4) is 0 Å². The molecule has 0 bridgehead atoms. The van der Waals surface area contributed by atoms with E-state index in [0.29, 0.717) is 18.3 Å². The average molecular weight is 248 g/mol. The number of carbonyl (C=O) groups is 1. The molecule has 0 heterocycles. The number of nitrogens with zero attached hydrogens (tertiary/aromatic N) is 3. The van der Waals surface area contributed by atoms with Crippen molar-refractivity contribution in [2.24, 2.45) is 5.11 Å². The van der Waals surface area contributed by atoms with Crippen molar-refractivity contribution in [3.05, 3.63) is 10.4 Å². The molecule has 4 nitrogen and oxygen atoms in total. The molecule has 13 heavy (non-hydrogen) atoms. The molecule has 5 heteroatoms. The summed E-state index contributed by atoms with van der Waals surface area (Å²) >= 11 is 3.11. The van der Waals surface area contributed by atoms with Crippen LogP contribution in [-0.4, -0.2) is 17.7 Å². The first-order valence-corrected chi connectivity index (χ1v) is 5.52. The summed E-state index contributed by atoms with van der Waals surface area (Å²) in [7, 11) is 0. The highest BCUT2D eigenvalue weighted by molar-refractivity contribution is 9.09. The van der Waals surface area contributed by atoms with E-state index in [1.807, 2.05) is 0 Å². The summed E-state index contributed by atoms with van der Waals surface area (Å²) in [5, 5.41) is 3.89. The van der Waals surface area contributed by atoms with E-state index in [0.717, 1.165) is 25.7 Å². The lowest BCUT2D eigenvalue weighted by Crippen LogP contribution is -1.97. The molecule has 0 amide bonds. The molecule has 0 N–H and O–H groups in total. The van der Waals surface area contributed by atoms with E-state index in [4.69, 9.17) is 5.53 Å². The minimum atomic E-state index is 0.259. The number of rotatable bonds is 8. The van der Waals surface area contributed by atoms with Gasteiger partial charge in [0.25, 0.3) is 0 Å². The van der Waals surface area contributed by atoms with Crippen molar-refractivity contribution >= 4 is 21.7 Å². The Balaban J connectivity index is 3.08. The van der Waals surface area contributed by atoms with Crippen molar-refractivity contribution < 1.29 is 4.79 Å². The highest BCUT2D eigenvalue weighted by Gasteiger charge is 1.97. The third-order valence-corrected chi connectivity index (χ3v) is 2.30. The zero-order valence-electron chi connectivity index (χ0n) is 7.58. The number of hydrogen-bond donors (Lipinski definition) is 0.